The third-order valence-corrected chi connectivity index (χ3v) is 6.23. The molecule has 1 fully saturated rings. The van der Waals surface area contributed by atoms with Gasteiger partial charge in [-0.25, -0.2) is 9.67 Å². The van der Waals surface area contributed by atoms with E-state index in [2.05, 4.69) is 5.10 Å². The van der Waals surface area contributed by atoms with Gasteiger partial charge in [0.15, 0.2) is 5.65 Å². The van der Waals surface area contributed by atoms with E-state index >= 15 is 0 Å². The second-order valence-electron chi connectivity index (χ2n) is 7.94. The Morgan fingerprint density at radius 1 is 1.34 bits per heavy atom. The number of hydrogen-bond acceptors (Lipinski definition) is 5. The number of aromatic nitrogens is 3. The van der Waals surface area contributed by atoms with Gasteiger partial charge in [-0.2, -0.15) is 18.3 Å². The number of pyridine rings is 1. The molecule has 4 heterocycles. The standard InChI is InChI=1S/C21H22F3N5O2S/c1-12(2)29-18-14(10-26-29)13(9-15(27-18)17-6-4-8-32-17)20(31)28-7-3-5-16(28)19(30)25-11-21(22,23)24/h4,6,8-10,12,16H,3,5,7,11H2,1-2H3,(H,25,30). The molecule has 1 saturated heterocycles. The summed E-state index contributed by atoms with van der Waals surface area (Å²) in [7, 11) is 0. The fraction of sp³-hybridized carbons (Fsp3) is 0.429. The molecule has 1 unspecified atom stereocenters. The molecule has 1 aliphatic heterocycles. The Bertz CT molecular complexity index is 1140. The fourth-order valence-corrected chi connectivity index (χ4v) is 4.55. The molecule has 0 radical (unpaired) electrons. The lowest BCUT2D eigenvalue weighted by molar-refractivity contribution is -0.140. The van der Waals surface area contributed by atoms with Crippen LogP contribution >= 0.6 is 11.3 Å². The zero-order valence-electron chi connectivity index (χ0n) is 17.5. The summed E-state index contributed by atoms with van der Waals surface area (Å²) in [5.41, 5.74) is 1.49. The van der Waals surface area contributed by atoms with Crippen LogP contribution in [0.5, 0.6) is 0 Å². The maximum Gasteiger partial charge on any atom is 0.405 e. The van der Waals surface area contributed by atoms with Crippen molar-refractivity contribution in [3.63, 3.8) is 0 Å². The highest BCUT2D eigenvalue weighted by Crippen LogP contribution is 2.31. The lowest BCUT2D eigenvalue weighted by Crippen LogP contribution is -2.48. The highest BCUT2D eigenvalue weighted by atomic mass is 32.1. The molecular formula is C21H22F3N5O2S. The highest BCUT2D eigenvalue weighted by Gasteiger charge is 2.37. The molecule has 2 amide bonds. The average molecular weight is 466 g/mol. The van der Waals surface area contributed by atoms with Crippen molar-refractivity contribution in [2.75, 3.05) is 13.1 Å². The normalized spacial score (nSPS) is 16.8. The number of fused-ring (bicyclic) bond motifs is 1. The van der Waals surface area contributed by atoms with Crippen LogP contribution < -0.4 is 5.32 Å². The molecule has 3 aromatic rings. The monoisotopic (exact) mass is 465 g/mol. The molecule has 11 heteroatoms. The minimum absolute atomic E-state index is 0.00854. The van der Waals surface area contributed by atoms with E-state index in [0.717, 1.165) is 4.88 Å². The summed E-state index contributed by atoms with van der Waals surface area (Å²) in [6, 6.07) is 4.51. The van der Waals surface area contributed by atoms with Crippen LogP contribution in [-0.2, 0) is 4.79 Å². The van der Waals surface area contributed by atoms with Crippen molar-refractivity contribution in [1.82, 2.24) is 25.0 Å². The second kappa shape index (κ2) is 8.53. The summed E-state index contributed by atoms with van der Waals surface area (Å²) in [6.45, 7) is 2.77. The van der Waals surface area contributed by atoms with Crippen molar-refractivity contribution >= 4 is 34.2 Å². The van der Waals surface area contributed by atoms with Crippen LogP contribution in [0, 0.1) is 0 Å². The molecule has 1 atom stereocenters. The van der Waals surface area contributed by atoms with Gasteiger partial charge >= 0.3 is 6.18 Å². The molecule has 32 heavy (non-hydrogen) atoms. The van der Waals surface area contributed by atoms with E-state index in [1.54, 1.807) is 16.9 Å². The lowest BCUT2D eigenvalue weighted by atomic mass is 10.1. The molecule has 170 valence electrons. The zero-order chi connectivity index (χ0) is 23.0. The first kappa shape index (κ1) is 22.3. The highest BCUT2D eigenvalue weighted by molar-refractivity contribution is 7.13. The van der Waals surface area contributed by atoms with Crippen LogP contribution in [0.1, 0.15) is 43.1 Å². The number of hydrogen-bond donors (Lipinski definition) is 1. The van der Waals surface area contributed by atoms with E-state index < -0.39 is 30.6 Å². The van der Waals surface area contributed by atoms with Gasteiger partial charge in [-0.3, -0.25) is 9.59 Å². The van der Waals surface area contributed by atoms with E-state index in [4.69, 9.17) is 4.98 Å². The Morgan fingerprint density at radius 3 is 2.78 bits per heavy atom. The number of carbonyl (C=O) groups excluding carboxylic acids is 2. The van der Waals surface area contributed by atoms with E-state index in [1.165, 1.54) is 16.2 Å². The largest absolute Gasteiger partial charge is 0.405 e. The van der Waals surface area contributed by atoms with E-state index in [1.807, 2.05) is 36.7 Å². The first-order chi connectivity index (χ1) is 15.2. The fourth-order valence-electron chi connectivity index (χ4n) is 3.87. The zero-order valence-corrected chi connectivity index (χ0v) is 18.3. The molecule has 1 aliphatic rings. The van der Waals surface area contributed by atoms with Crippen LogP contribution in [0.2, 0.25) is 0 Å². The summed E-state index contributed by atoms with van der Waals surface area (Å²) in [5.74, 6) is -1.21. The maximum atomic E-state index is 13.5. The Balaban J connectivity index is 1.72. The molecule has 0 spiro atoms. The van der Waals surface area contributed by atoms with Crippen LogP contribution in [0.25, 0.3) is 21.6 Å². The number of amides is 2. The number of nitrogens with zero attached hydrogens (tertiary/aromatic N) is 4. The average Bonchev–Trinajstić information content (AvgIpc) is 3.49. The number of halogens is 3. The van der Waals surface area contributed by atoms with Crippen molar-refractivity contribution < 1.29 is 22.8 Å². The van der Waals surface area contributed by atoms with E-state index in [0.29, 0.717) is 41.7 Å². The van der Waals surface area contributed by atoms with Crippen molar-refractivity contribution in [3.8, 4) is 10.6 Å². The Morgan fingerprint density at radius 2 is 2.12 bits per heavy atom. The summed E-state index contributed by atoms with van der Waals surface area (Å²) >= 11 is 1.48. The number of rotatable bonds is 5. The van der Waals surface area contributed by atoms with Gasteiger partial charge in [0, 0.05) is 12.6 Å². The Hall–Kier alpha value is -2.95. The Kier molecular flexibility index (Phi) is 5.93. The minimum atomic E-state index is -4.51. The van der Waals surface area contributed by atoms with Gasteiger partial charge in [0.05, 0.1) is 27.7 Å². The predicted octanol–water partition coefficient (Wildman–Crippen LogP) is 4.02. The molecule has 3 aromatic heterocycles. The first-order valence-electron chi connectivity index (χ1n) is 10.2. The van der Waals surface area contributed by atoms with Gasteiger partial charge in [0.25, 0.3) is 5.91 Å². The van der Waals surface area contributed by atoms with Gasteiger partial charge in [0.2, 0.25) is 5.91 Å². The lowest BCUT2D eigenvalue weighted by Gasteiger charge is -2.24. The van der Waals surface area contributed by atoms with E-state index in [9.17, 15) is 22.8 Å². The third-order valence-electron chi connectivity index (χ3n) is 5.34. The van der Waals surface area contributed by atoms with Gasteiger partial charge < -0.3 is 10.2 Å². The summed E-state index contributed by atoms with van der Waals surface area (Å²) in [4.78, 5) is 32.9. The summed E-state index contributed by atoms with van der Waals surface area (Å²) in [6.07, 6.45) is -2.09. The van der Waals surface area contributed by atoms with Gasteiger partial charge in [-0.1, -0.05) is 6.07 Å². The topological polar surface area (TPSA) is 80.1 Å². The summed E-state index contributed by atoms with van der Waals surface area (Å²) in [5, 5.41) is 8.74. The summed E-state index contributed by atoms with van der Waals surface area (Å²) < 4.78 is 39.3. The number of thiophene rings is 1. The number of likely N-dealkylation sites (tertiary alicyclic amines) is 1. The molecule has 7 nitrogen and oxygen atoms in total. The van der Waals surface area contributed by atoms with E-state index in [-0.39, 0.29) is 6.04 Å². The third kappa shape index (κ3) is 4.34. The maximum absolute atomic E-state index is 13.5. The van der Waals surface area contributed by atoms with Gasteiger partial charge in [0.1, 0.15) is 12.6 Å². The molecular weight excluding hydrogens is 443 g/mol. The minimum Gasteiger partial charge on any atom is -0.345 e. The first-order valence-corrected chi connectivity index (χ1v) is 11.1. The molecule has 0 bridgehead atoms. The number of carbonyl (C=O) groups is 2. The van der Waals surface area contributed by atoms with Crippen molar-refractivity contribution in [3.05, 3.63) is 35.3 Å². The molecule has 0 saturated carbocycles. The SMILES string of the molecule is CC(C)n1ncc2c(C(=O)N3CCCC3C(=O)NCC(F)(F)F)cc(-c3cccs3)nc21. The molecule has 4 rings (SSSR count). The van der Waals surface area contributed by atoms with Crippen LogP contribution in [0.15, 0.2) is 29.8 Å². The number of nitrogens with one attached hydrogen (secondary N) is 1. The molecule has 0 aliphatic carbocycles. The smallest absolute Gasteiger partial charge is 0.345 e. The van der Waals surface area contributed by atoms with Crippen molar-refractivity contribution in [2.24, 2.45) is 0 Å². The predicted molar refractivity (Wildman–Crippen MR) is 114 cm³/mol. The Labute approximate surface area is 186 Å². The van der Waals surface area contributed by atoms with Crippen molar-refractivity contribution in [1.29, 1.82) is 0 Å². The van der Waals surface area contributed by atoms with Crippen LogP contribution in [0.3, 0.4) is 0 Å². The van der Waals surface area contributed by atoms with Gasteiger partial charge in [-0.15, -0.1) is 11.3 Å². The quantitative estimate of drug-likeness (QED) is 0.617. The number of alkyl halides is 3. The van der Waals surface area contributed by atoms with Crippen LogP contribution in [-0.4, -0.2) is 56.8 Å². The molecule has 1 N–H and O–H groups in total. The van der Waals surface area contributed by atoms with Crippen LogP contribution in [0.4, 0.5) is 13.2 Å². The van der Waals surface area contributed by atoms with Crippen molar-refractivity contribution in [2.45, 2.75) is 44.9 Å². The second-order valence-corrected chi connectivity index (χ2v) is 8.89. The molecule has 0 aromatic carbocycles. The van der Waals surface area contributed by atoms with Gasteiger partial charge in [-0.05, 0) is 44.2 Å².